The Morgan fingerprint density at radius 1 is 1.21 bits per heavy atom. The van der Waals surface area contributed by atoms with E-state index < -0.39 is 5.91 Å². The van der Waals surface area contributed by atoms with E-state index >= 15 is 0 Å². The van der Waals surface area contributed by atoms with E-state index in [1.807, 2.05) is 6.07 Å². The number of aromatic amines is 1. The first-order chi connectivity index (χ1) is 14.0. The van der Waals surface area contributed by atoms with Crippen LogP contribution in [0.3, 0.4) is 0 Å². The molecule has 3 aromatic rings. The maximum absolute atomic E-state index is 12.5. The number of carbonyl (C=O) groups excluding carboxylic acids is 1. The van der Waals surface area contributed by atoms with Crippen molar-refractivity contribution in [2.45, 2.75) is 38.8 Å². The number of hydroxylamine groups is 1. The maximum atomic E-state index is 12.5. The third kappa shape index (κ3) is 5.47. The second-order valence-corrected chi connectivity index (χ2v) is 7.28. The molecule has 11 heteroatoms. The highest BCUT2D eigenvalue weighted by Gasteiger charge is 2.11. The Morgan fingerprint density at radius 2 is 2.03 bits per heavy atom. The molecule has 9 nitrogen and oxygen atoms in total. The van der Waals surface area contributed by atoms with E-state index in [1.165, 1.54) is 0 Å². The van der Waals surface area contributed by atoms with Gasteiger partial charge in [0.1, 0.15) is 5.52 Å². The van der Waals surface area contributed by atoms with E-state index in [1.54, 1.807) is 28.5 Å². The van der Waals surface area contributed by atoms with Crippen molar-refractivity contribution in [1.29, 1.82) is 0 Å². The number of fused-ring (bicyclic) bond motifs is 1. The van der Waals surface area contributed by atoms with Crippen LogP contribution in [0.1, 0.15) is 31.2 Å². The molecule has 0 aliphatic heterocycles. The Kier molecular flexibility index (Phi) is 7.08. The quantitative estimate of drug-likeness (QED) is 0.231. The molecule has 0 bridgehead atoms. The van der Waals surface area contributed by atoms with Gasteiger partial charge in [0.25, 0.3) is 5.56 Å². The molecular weight excluding hydrogens is 419 g/mol. The lowest BCUT2D eigenvalue weighted by Crippen LogP contribution is -2.18. The molecule has 1 amide bonds. The van der Waals surface area contributed by atoms with Crippen LogP contribution < -0.4 is 16.4 Å². The summed E-state index contributed by atoms with van der Waals surface area (Å²) >= 11 is 11.9. The number of benzene rings is 1. The van der Waals surface area contributed by atoms with E-state index in [9.17, 15) is 9.59 Å². The molecule has 0 fully saturated rings. The molecule has 0 spiro atoms. The Labute approximate surface area is 176 Å². The zero-order valence-corrected chi connectivity index (χ0v) is 16.9. The lowest BCUT2D eigenvalue weighted by atomic mass is 10.2. The van der Waals surface area contributed by atoms with Crippen molar-refractivity contribution in [3.8, 4) is 0 Å². The van der Waals surface area contributed by atoms with Gasteiger partial charge in [-0.1, -0.05) is 35.7 Å². The topological polar surface area (TPSA) is 125 Å². The largest absolute Gasteiger partial charge is 0.352 e. The fourth-order valence-electron chi connectivity index (χ4n) is 2.87. The second-order valence-electron chi connectivity index (χ2n) is 6.46. The SMILES string of the molecule is O=C(CCCCCn1ncc2nc(NCc3ccc(Cl)c(Cl)c3)[nH]c(=O)c21)NO. The number of nitrogens with one attached hydrogen (secondary N) is 3. The fourth-order valence-corrected chi connectivity index (χ4v) is 3.20. The Balaban J connectivity index is 1.62. The lowest BCUT2D eigenvalue weighted by Gasteiger charge is -2.07. The highest BCUT2D eigenvalue weighted by molar-refractivity contribution is 6.42. The van der Waals surface area contributed by atoms with Crippen molar-refractivity contribution in [3.63, 3.8) is 0 Å². The van der Waals surface area contributed by atoms with Crippen LogP contribution in [0.15, 0.2) is 29.2 Å². The minimum Gasteiger partial charge on any atom is -0.352 e. The summed E-state index contributed by atoms with van der Waals surface area (Å²) in [5.74, 6) is -0.0702. The average Bonchev–Trinajstić information content (AvgIpc) is 3.12. The van der Waals surface area contributed by atoms with Crippen LogP contribution in [0, 0.1) is 0 Å². The smallest absolute Gasteiger partial charge is 0.278 e. The first-order valence-corrected chi connectivity index (χ1v) is 9.80. The van der Waals surface area contributed by atoms with Crippen LogP contribution in [0.4, 0.5) is 5.95 Å². The molecule has 0 saturated heterocycles. The normalized spacial score (nSPS) is 11.0. The predicted octanol–water partition coefficient (Wildman–Crippen LogP) is 3.10. The van der Waals surface area contributed by atoms with Gasteiger partial charge in [-0.15, -0.1) is 0 Å². The van der Waals surface area contributed by atoms with Crippen molar-refractivity contribution in [3.05, 3.63) is 50.4 Å². The average molecular weight is 439 g/mol. The number of aromatic nitrogens is 4. The van der Waals surface area contributed by atoms with Gasteiger partial charge in [-0.05, 0) is 30.5 Å². The van der Waals surface area contributed by atoms with E-state index in [0.29, 0.717) is 46.5 Å². The molecule has 154 valence electrons. The number of anilines is 1. The number of hydrogen-bond donors (Lipinski definition) is 4. The summed E-state index contributed by atoms with van der Waals surface area (Å²) in [5.41, 5.74) is 3.10. The number of aryl methyl sites for hydroxylation is 1. The number of nitrogens with zero attached hydrogens (tertiary/aromatic N) is 3. The summed E-state index contributed by atoms with van der Waals surface area (Å²) in [6.07, 6.45) is 3.96. The molecule has 3 rings (SSSR count). The number of H-pyrrole nitrogens is 1. The van der Waals surface area contributed by atoms with Crippen LogP contribution in [0.25, 0.3) is 11.0 Å². The van der Waals surface area contributed by atoms with Crippen molar-refractivity contribution < 1.29 is 10.0 Å². The third-order valence-corrected chi connectivity index (χ3v) is 5.08. The Hall–Kier alpha value is -2.62. The monoisotopic (exact) mass is 438 g/mol. The highest BCUT2D eigenvalue weighted by atomic mass is 35.5. The van der Waals surface area contributed by atoms with E-state index in [4.69, 9.17) is 28.4 Å². The van der Waals surface area contributed by atoms with E-state index in [2.05, 4.69) is 20.4 Å². The number of rotatable bonds is 9. The van der Waals surface area contributed by atoms with Gasteiger partial charge in [0.2, 0.25) is 11.9 Å². The molecule has 0 atom stereocenters. The van der Waals surface area contributed by atoms with Crippen LogP contribution in [-0.4, -0.2) is 30.9 Å². The molecule has 2 heterocycles. The van der Waals surface area contributed by atoms with Crippen LogP contribution in [0.5, 0.6) is 0 Å². The van der Waals surface area contributed by atoms with Gasteiger partial charge in [-0.2, -0.15) is 5.10 Å². The van der Waals surface area contributed by atoms with Gasteiger partial charge in [-0.25, -0.2) is 10.5 Å². The summed E-state index contributed by atoms with van der Waals surface area (Å²) in [4.78, 5) is 30.6. The summed E-state index contributed by atoms with van der Waals surface area (Å²) in [6.45, 7) is 0.950. The summed E-state index contributed by atoms with van der Waals surface area (Å²) < 4.78 is 1.61. The van der Waals surface area contributed by atoms with Crippen molar-refractivity contribution in [2.24, 2.45) is 0 Å². The molecule has 29 heavy (non-hydrogen) atoms. The first-order valence-electron chi connectivity index (χ1n) is 9.04. The number of hydrogen-bond acceptors (Lipinski definition) is 6. The Bertz CT molecular complexity index is 1070. The van der Waals surface area contributed by atoms with Crippen molar-refractivity contribution in [1.82, 2.24) is 25.2 Å². The van der Waals surface area contributed by atoms with Gasteiger partial charge in [0.15, 0.2) is 5.52 Å². The van der Waals surface area contributed by atoms with Gasteiger partial charge in [-0.3, -0.25) is 24.5 Å². The predicted molar refractivity (Wildman–Crippen MR) is 110 cm³/mol. The van der Waals surface area contributed by atoms with Crippen LogP contribution in [-0.2, 0) is 17.9 Å². The zero-order valence-electron chi connectivity index (χ0n) is 15.4. The van der Waals surface area contributed by atoms with E-state index in [-0.39, 0.29) is 12.0 Å². The minimum absolute atomic E-state index is 0.256. The number of carbonyl (C=O) groups is 1. The molecule has 0 aliphatic rings. The molecule has 1 aromatic carbocycles. The highest BCUT2D eigenvalue weighted by Crippen LogP contribution is 2.22. The minimum atomic E-state index is -0.406. The van der Waals surface area contributed by atoms with Gasteiger partial charge < -0.3 is 5.32 Å². The Morgan fingerprint density at radius 3 is 2.79 bits per heavy atom. The van der Waals surface area contributed by atoms with E-state index in [0.717, 1.165) is 18.4 Å². The summed E-state index contributed by atoms with van der Waals surface area (Å²) in [5, 5.41) is 16.7. The molecule has 0 unspecified atom stereocenters. The number of halogens is 2. The van der Waals surface area contributed by atoms with Crippen molar-refractivity contribution >= 4 is 46.1 Å². The van der Waals surface area contributed by atoms with Crippen LogP contribution in [0.2, 0.25) is 10.0 Å². The van der Waals surface area contributed by atoms with Crippen molar-refractivity contribution in [2.75, 3.05) is 5.32 Å². The lowest BCUT2D eigenvalue weighted by molar-refractivity contribution is -0.129. The molecule has 0 saturated carbocycles. The van der Waals surface area contributed by atoms with Gasteiger partial charge in [0.05, 0.1) is 16.2 Å². The molecule has 4 N–H and O–H groups in total. The number of amides is 1. The zero-order chi connectivity index (χ0) is 20.8. The fraction of sp³-hybridized carbons (Fsp3) is 0.333. The van der Waals surface area contributed by atoms with Crippen LogP contribution >= 0.6 is 23.2 Å². The molecule has 0 radical (unpaired) electrons. The summed E-state index contributed by atoms with van der Waals surface area (Å²) in [6, 6.07) is 5.29. The van der Waals surface area contributed by atoms with Gasteiger partial charge in [0, 0.05) is 19.5 Å². The van der Waals surface area contributed by atoms with Gasteiger partial charge >= 0.3 is 0 Å². The molecular formula is C18H20Cl2N6O3. The first kappa shape index (κ1) is 21.1. The standard InChI is InChI=1S/C18H20Cl2N6O3/c19-12-6-5-11(8-13(12)20)9-21-18-23-14-10-22-26(16(14)17(28)24-18)7-3-1-2-4-15(27)25-29/h5-6,8,10,29H,1-4,7,9H2,(H,25,27)(H2,21,23,24,28). The molecule has 0 aliphatic carbocycles. The second kappa shape index (κ2) is 9.73. The summed E-state index contributed by atoms with van der Waals surface area (Å²) in [7, 11) is 0. The third-order valence-electron chi connectivity index (χ3n) is 4.34. The molecule has 2 aromatic heterocycles. The maximum Gasteiger partial charge on any atom is 0.278 e. The number of unbranched alkanes of at least 4 members (excludes halogenated alkanes) is 2.